The highest BCUT2D eigenvalue weighted by Gasteiger charge is 2.17. The van der Waals surface area contributed by atoms with Gasteiger partial charge in [-0.15, -0.1) is 0 Å². The van der Waals surface area contributed by atoms with Crippen LogP contribution in [0.3, 0.4) is 0 Å². The first-order chi connectivity index (χ1) is 8.97. The molecular formula is C14H13F2NOS. The van der Waals surface area contributed by atoms with E-state index in [9.17, 15) is 13.0 Å². The van der Waals surface area contributed by atoms with Gasteiger partial charge in [0.1, 0.15) is 16.5 Å². The van der Waals surface area contributed by atoms with Crippen LogP contribution in [0.4, 0.5) is 14.5 Å². The zero-order chi connectivity index (χ0) is 14.0. The molecule has 2 N–H and O–H groups in total. The molecule has 0 saturated carbocycles. The summed E-state index contributed by atoms with van der Waals surface area (Å²) in [5.41, 5.74) is 7.08. The second-order valence-corrected chi connectivity index (χ2v) is 5.68. The monoisotopic (exact) mass is 281 g/mol. The second-order valence-electron chi connectivity index (χ2n) is 4.29. The van der Waals surface area contributed by atoms with Crippen molar-refractivity contribution in [2.75, 3.05) is 5.73 Å². The lowest BCUT2D eigenvalue weighted by molar-refractivity contribution is 0.535. The Morgan fingerprint density at radius 2 is 1.79 bits per heavy atom. The van der Waals surface area contributed by atoms with Crippen LogP contribution in [0.2, 0.25) is 0 Å². The third-order valence-corrected chi connectivity index (χ3v) is 4.07. The number of benzene rings is 2. The van der Waals surface area contributed by atoms with Crippen molar-refractivity contribution in [3.05, 3.63) is 59.2 Å². The lowest BCUT2D eigenvalue weighted by atomic mass is 10.2. The van der Waals surface area contributed by atoms with Crippen molar-refractivity contribution in [2.24, 2.45) is 0 Å². The van der Waals surface area contributed by atoms with Crippen molar-refractivity contribution in [1.29, 1.82) is 0 Å². The smallest absolute Gasteiger partial charge is 0.144 e. The van der Waals surface area contributed by atoms with Crippen LogP contribution in [0, 0.1) is 18.6 Å². The molecule has 0 fully saturated rings. The fourth-order valence-electron chi connectivity index (χ4n) is 1.82. The first-order valence-electron chi connectivity index (χ1n) is 5.66. The largest absolute Gasteiger partial charge is 0.399 e. The Hall–Kier alpha value is -1.75. The molecule has 0 bridgehead atoms. The molecule has 2 aromatic carbocycles. The van der Waals surface area contributed by atoms with E-state index in [4.69, 9.17) is 5.73 Å². The summed E-state index contributed by atoms with van der Waals surface area (Å²) in [6, 6.07) is 9.29. The quantitative estimate of drug-likeness (QED) is 0.878. The number of nitrogen functional groups attached to an aromatic ring is 1. The maximum Gasteiger partial charge on any atom is 0.144 e. The molecule has 0 saturated heterocycles. The second kappa shape index (κ2) is 5.48. The summed E-state index contributed by atoms with van der Waals surface area (Å²) in [5.74, 6) is -1.67. The summed E-state index contributed by atoms with van der Waals surface area (Å²) in [7, 11) is -1.78. The molecule has 0 radical (unpaired) electrons. The van der Waals surface area contributed by atoms with Gasteiger partial charge in [-0.25, -0.2) is 8.78 Å². The van der Waals surface area contributed by atoms with Gasteiger partial charge in [-0.3, -0.25) is 4.21 Å². The van der Waals surface area contributed by atoms with Crippen LogP contribution >= 0.6 is 0 Å². The van der Waals surface area contributed by atoms with Crippen LogP contribution in [0.15, 0.2) is 41.3 Å². The Morgan fingerprint density at radius 3 is 2.37 bits per heavy atom. The molecule has 2 nitrogen and oxygen atoms in total. The third-order valence-electron chi connectivity index (χ3n) is 2.63. The number of nitrogens with two attached hydrogens (primary N) is 1. The first kappa shape index (κ1) is 13.7. The maximum atomic E-state index is 13.6. The maximum absolute atomic E-state index is 13.6. The van der Waals surface area contributed by atoms with Gasteiger partial charge >= 0.3 is 0 Å². The van der Waals surface area contributed by atoms with Crippen LogP contribution in [0.5, 0.6) is 0 Å². The summed E-state index contributed by atoms with van der Waals surface area (Å²) in [6.45, 7) is 1.90. The van der Waals surface area contributed by atoms with Gasteiger partial charge in [0, 0.05) is 5.69 Å². The lowest BCUT2D eigenvalue weighted by Gasteiger charge is -2.07. The standard InChI is InChI=1S/C14H13F2NOS/c1-9-3-2-4-10(5-9)8-19(18)14-12(15)6-11(17)7-13(14)16/h2-7H,8,17H2,1H3. The van der Waals surface area contributed by atoms with Gasteiger partial charge in [0.15, 0.2) is 0 Å². The van der Waals surface area contributed by atoms with Crippen LogP contribution in [0.1, 0.15) is 11.1 Å². The van der Waals surface area contributed by atoms with Crippen molar-refractivity contribution in [3.8, 4) is 0 Å². The number of aryl methyl sites for hydroxylation is 1. The number of rotatable bonds is 3. The fraction of sp³-hybridized carbons (Fsp3) is 0.143. The average Bonchev–Trinajstić information content (AvgIpc) is 2.27. The molecule has 1 unspecified atom stereocenters. The highest BCUT2D eigenvalue weighted by atomic mass is 32.2. The topological polar surface area (TPSA) is 43.1 Å². The van der Waals surface area contributed by atoms with E-state index in [1.807, 2.05) is 25.1 Å². The summed E-state index contributed by atoms with van der Waals surface area (Å²) in [4.78, 5) is -0.421. The van der Waals surface area contributed by atoms with Crippen LogP contribution < -0.4 is 5.73 Å². The highest BCUT2D eigenvalue weighted by Crippen LogP contribution is 2.22. The number of anilines is 1. The molecule has 0 aromatic heterocycles. The molecule has 5 heteroatoms. The molecule has 0 spiro atoms. The molecule has 0 heterocycles. The molecule has 1 atom stereocenters. The number of halogens is 2. The van der Waals surface area contributed by atoms with E-state index in [1.54, 1.807) is 6.07 Å². The van der Waals surface area contributed by atoms with Crippen molar-refractivity contribution >= 4 is 16.5 Å². The van der Waals surface area contributed by atoms with Crippen molar-refractivity contribution in [1.82, 2.24) is 0 Å². The normalized spacial score (nSPS) is 12.4. The fourth-order valence-corrected chi connectivity index (χ4v) is 3.00. The molecule has 0 aliphatic carbocycles. The zero-order valence-corrected chi connectivity index (χ0v) is 11.1. The molecule has 0 amide bonds. The zero-order valence-electron chi connectivity index (χ0n) is 10.3. The van der Waals surface area contributed by atoms with Gasteiger partial charge in [0.25, 0.3) is 0 Å². The summed E-state index contributed by atoms with van der Waals surface area (Å²) in [5, 5.41) is 0. The first-order valence-corrected chi connectivity index (χ1v) is 6.97. The van der Waals surface area contributed by atoms with Gasteiger partial charge in [-0.05, 0) is 24.6 Å². The van der Waals surface area contributed by atoms with E-state index in [0.717, 1.165) is 23.3 Å². The van der Waals surface area contributed by atoms with E-state index in [-0.39, 0.29) is 11.4 Å². The van der Waals surface area contributed by atoms with E-state index in [2.05, 4.69) is 0 Å². The Morgan fingerprint density at radius 1 is 1.16 bits per heavy atom. The SMILES string of the molecule is Cc1cccc(CS(=O)c2c(F)cc(N)cc2F)c1. The summed E-state index contributed by atoms with van der Waals surface area (Å²) < 4.78 is 39.3. The van der Waals surface area contributed by atoms with Crippen molar-refractivity contribution < 1.29 is 13.0 Å². The Balaban J connectivity index is 2.31. The van der Waals surface area contributed by atoms with Gasteiger partial charge in [0.05, 0.1) is 16.6 Å². The minimum atomic E-state index is -1.78. The number of hydrogen-bond acceptors (Lipinski definition) is 2. The number of hydrogen-bond donors (Lipinski definition) is 1. The molecule has 0 aliphatic rings. The summed E-state index contributed by atoms with van der Waals surface area (Å²) >= 11 is 0. The Bertz CT molecular complexity index is 620. The van der Waals surface area contributed by atoms with Crippen LogP contribution in [0.25, 0.3) is 0 Å². The molecule has 2 aromatic rings. The van der Waals surface area contributed by atoms with E-state index < -0.39 is 27.3 Å². The minimum Gasteiger partial charge on any atom is -0.399 e. The van der Waals surface area contributed by atoms with Gasteiger partial charge in [-0.1, -0.05) is 29.8 Å². The molecule has 19 heavy (non-hydrogen) atoms. The van der Waals surface area contributed by atoms with Crippen LogP contribution in [-0.2, 0) is 16.6 Å². The molecule has 100 valence electrons. The highest BCUT2D eigenvalue weighted by molar-refractivity contribution is 7.84. The van der Waals surface area contributed by atoms with Gasteiger partial charge in [-0.2, -0.15) is 0 Å². The molecular weight excluding hydrogens is 268 g/mol. The predicted octanol–water partition coefficient (Wildman–Crippen LogP) is 3.16. The third kappa shape index (κ3) is 3.17. The summed E-state index contributed by atoms with van der Waals surface area (Å²) in [6.07, 6.45) is 0. The molecule has 0 aliphatic heterocycles. The van der Waals surface area contributed by atoms with E-state index >= 15 is 0 Å². The Kier molecular flexibility index (Phi) is 3.95. The van der Waals surface area contributed by atoms with Crippen molar-refractivity contribution in [3.63, 3.8) is 0 Å². The van der Waals surface area contributed by atoms with Crippen LogP contribution in [-0.4, -0.2) is 4.21 Å². The van der Waals surface area contributed by atoms with E-state index in [0.29, 0.717) is 0 Å². The minimum absolute atomic E-state index is 0.0219. The Labute approximate surface area is 112 Å². The lowest BCUT2D eigenvalue weighted by Crippen LogP contribution is -2.04. The van der Waals surface area contributed by atoms with Crippen molar-refractivity contribution in [2.45, 2.75) is 17.6 Å². The van der Waals surface area contributed by atoms with E-state index in [1.165, 1.54) is 0 Å². The predicted molar refractivity (Wildman–Crippen MR) is 72.1 cm³/mol. The average molecular weight is 281 g/mol. The van der Waals surface area contributed by atoms with Gasteiger partial charge in [0.2, 0.25) is 0 Å². The van der Waals surface area contributed by atoms with Gasteiger partial charge < -0.3 is 5.73 Å². The molecule has 2 rings (SSSR count).